The lowest BCUT2D eigenvalue weighted by Crippen LogP contribution is -2.33. The monoisotopic (exact) mass is 643 g/mol. The minimum atomic E-state index is -4.70. The van der Waals surface area contributed by atoms with E-state index in [1.807, 2.05) is 6.92 Å². The number of imide groups is 1. The first-order valence-corrected chi connectivity index (χ1v) is 15.1. The quantitative estimate of drug-likeness (QED) is 0.257. The van der Waals surface area contributed by atoms with Crippen LogP contribution in [0.2, 0.25) is 5.02 Å². The number of halogens is 4. The molecule has 2 aliphatic heterocycles. The molecule has 3 heterocycles. The predicted octanol–water partition coefficient (Wildman–Crippen LogP) is 6.32. The van der Waals surface area contributed by atoms with Crippen LogP contribution in [0.4, 0.5) is 24.5 Å². The molecule has 0 bridgehead atoms. The molecule has 0 spiro atoms. The van der Waals surface area contributed by atoms with Gasteiger partial charge in [0.05, 0.1) is 27.9 Å². The maximum Gasteiger partial charge on any atom is 0.418 e. The van der Waals surface area contributed by atoms with Gasteiger partial charge in [-0.3, -0.25) is 23.7 Å². The van der Waals surface area contributed by atoms with Crippen molar-refractivity contribution in [2.24, 2.45) is 5.92 Å². The molecule has 6 rings (SSSR count). The lowest BCUT2D eigenvalue weighted by Gasteiger charge is -2.30. The summed E-state index contributed by atoms with van der Waals surface area (Å²) >= 11 is 7.99. The van der Waals surface area contributed by atoms with E-state index in [0.717, 1.165) is 50.3 Å². The molecule has 4 aromatic rings. The number of fused-ring (bicyclic) bond motifs is 2. The van der Waals surface area contributed by atoms with Gasteiger partial charge >= 0.3 is 11.0 Å². The number of carbonyl (C=O) groups excluding carboxylic acids is 3. The zero-order valence-electron chi connectivity index (χ0n) is 22.2. The van der Waals surface area contributed by atoms with Gasteiger partial charge < -0.3 is 5.32 Å². The molecule has 1 saturated heterocycles. The summed E-state index contributed by atoms with van der Waals surface area (Å²) in [4.78, 5) is 55.1. The number of hydrogen-bond acceptors (Lipinski definition) is 6. The summed E-state index contributed by atoms with van der Waals surface area (Å²) in [5, 5.41) is 2.14. The molecule has 0 saturated carbocycles. The Hall–Kier alpha value is -3.87. The highest BCUT2D eigenvalue weighted by Crippen LogP contribution is 2.54. The average Bonchev–Trinajstić information content (AvgIpc) is 3.40. The number of benzene rings is 3. The van der Waals surface area contributed by atoms with E-state index in [-0.39, 0.29) is 0 Å². The Morgan fingerprint density at radius 1 is 0.953 bits per heavy atom. The SMILES string of the molecule is Cc1ccc(N2C(=O)[C@H]3[C@H](c4ccc(Cl)cc4)c4sc(=O)n(CC(=O)Nc5ccccc5C(F)(F)F)c4S[C@H]3C2=O)cc1. The van der Waals surface area contributed by atoms with E-state index in [0.29, 0.717) is 26.2 Å². The summed E-state index contributed by atoms with van der Waals surface area (Å²) in [6.07, 6.45) is -4.70. The smallest absolute Gasteiger partial charge is 0.324 e. The summed E-state index contributed by atoms with van der Waals surface area (Å²) in [5.41, 5.74) is 0.582. The van der Waals surface area contributed by atoms with Crippen molar-refractivity contribution in [2.45, 2.75) is 35.8 Å². The topological polar surface area (TPSA) is 88.5 Å². The molecular formula is C30H21ClF3N3O4S2. The van der Waals surface area contributed by atoms with E-state index in [4.69, 9.17) is 11.6 Å². The molecule has 2 aliphatic rings. The summed E-state index contributed by atoms with van der Waals surface area (Å²) in [6.45, 7) is 1.30. The van der Waals surface area contributed by atoms with Crippen LogP contribution in [0.25, 0.3) is 0 Å². The first-order valence-electron chi connectivity index (χ1n) is 13.0. The molecule has 43 heavy (non-hydrogen) atoms. The molecule has 3 aromatic carbocycles. The van der Waals surface area contributed by atoms with Crippen molar-refractivity contribution in [3.05, 3.63) is 109 Å². The first-order chi connectivity index (χ1) is 20.4. The van der Waals surface area contributed by atoms with Crippen molar-refractivity contribution in [1.29, 1.82) is 0 Å². The first kappa shape index (κ1) is 29.2. The van der Waals surface area contributed by atoms with Crippen LogP contribution < -0.4 is 15.1 Å². The number of hydrogen-bond donors (Lipinski definition) is 1. The van der Waals surface area contributed by atoms with Gasteiger partial charge in [-0.15, -0.1) is 0 Å². The fourth-order valence-electron chi connectivity index (χ4n) is 5.41. The minimum Gasteiger partial charge on any atom is -0.324 e. The molecule has 7 nitrogen and oxygen atoms in total. The molecule has 3 atom stereocenters. The molecule has 0 unspecified atom stereocenters. The molecule has 220 valence electrons. The van der Waals surface area contributed by atoms with Crippen LogP contribution in [-0.2, 0) is 27.1 Å². The summed E-state index contributed by atoms with van der Waals surface area (Å²) < 4.78 is 41.6. The van der Waals surface area contributed by atoms with E-state index in [1.165, 1.54) is 12.1 Å². The number of thiazole rings is 1. The van der Waals surface area contributed by atoms with Crippen LogP contribution in [0.5, 0.6) is 0 Å². The number of nitrogens with zero attached hydrogens (tertiary/aromatic N) is 2. The largest absolute Gasteiger partial charge is 0.418 e. The maximum absolute atomic E-state index is 13.9. The van der Waals surface area contributed by atoms with Crippen molar-refractivity contribution in [1.82, 2.24) is 4.57 Å². The molecule has 1 N–H and O–H groups in total. The van der Waals surface area contributed by atoms with Crippen LogP contribution >= 0.6 is 34.7 Å². The van der Waals surface area contributed by atoms with Gasteiger partial charge in [0.15, 0.2) is 0 Å². The van der Waals surface area contributed by atoms with Gasteiger partial charge in [-0.1, -0.05) is 76.7 Å². The average molecular weight is 644 g/mol. The van der Waals surface area contributed by atoms with Crippen LogP contribution in [0.1, 0.15) is 27.5 Å². The third-order valence-electron chi connectivity index (χ3n) is 7.38. The number of thioether (sulfide) groups is 1. The number of nitrogens with one attached hydrogen (secondary N) is 1. The normalized spacial score (nSPS) is 19.7. The Morgan fingerprint density at radius 2 is 1.63 bits per heavy atom. The van der Waals surface area contributed by atoms with Crippen LogP contribution in [0.15, 0.2) is 82.6 Å². The second-order valence-corrected chi connectivity index (χ2v) is 12.7. The zero-order chi connectivity index (χ0) is 30.6. The predicted molar refractivity (Wildman–Crippen MR) is 159 cm³/mol. The molecule has 0 radical (unpaired) electrons. The van der Waals surface area contributed by atoms with Gasteiger partial charge in [0, 0.05) is 15.8 Å². The van der Waals surface area contributed by atoms with Crippen LogP contribution in [0.3, 0.4) is 0 Å². The summed E-state index contributed by atoms with van der Waals surface area (Å²) in [7, 11) is 0. The number of alkyl halides is 3. The van der Waals surface area contributed by atoms with E-state index < -0.39 is 63.7 Å². The number of aromatic nitrogens is 1. The molecule has 1 aromatic heterocycles. The fourth-order valence-corrected chi connectivity index (χ4v) is 8.30. The third-order valence-corrected chi connectivity index (χ3v) is 10.2. The van der Waals surface area contributed by atoms with Gasteiger partial charge in [-0.05, 0) is 48.9 Å². The van der Waals surface area contributed by atoms with E-state index >= 15 is 0 Å². The lowest BCUT2D eigenvalue weighted by molar-refractivity contribution is -0.137. The zero-order valence-corrected chi connectivity index (χ0v) is 24.6. The number of carbonyl (C=O) groups is 3. The molecule has 0 aliphatic carbocycles. The maximum atomic E-state index is 13.9. The van der Waals surface area contributed by atoms with Gasteiger partial charge in [-0.2, -0.15) is 13.2 Å². The number of amides is 3. The highest BCUT2D eigenvalue weighted by molar-refractivity contribution is 8.00. The van der Waals surface area contributed by atoms with Gasteiger partial charge in [0.1, 0.15) is 11.8 Å². The van der Waals surface area contributed by atoms with Crippen molar-refractivity contribution < 1.29 is 27.6 Å². The van der Waals surface area contributed by atoms with E-state index in [2.05, 4.69) is 5.32 Å². The molecule has 13 heteroatoms. The lowest BCUT2D eigenvalue weighted by atomic mass is 9.83. The van der Waals surface area contributed by atoms with Gasteiger partial charge in [0.2, 0.25) is 17.7 Å². The summed E-state index contributed by atoms with van der Waals surface area (Å²) in [5.74, 6) is -3.25. The van der Waals surface area contributed by atoms with Crippen molar-refractivity contribution in [3.63, 3.8) is 0 Å². The van der Waals surface area contributed by atoms with Crippen molar-refractivity contribution in [2.75, 3.05) is 10.2 Å². The highest BCUT2D eigenvalue weighted by atomic mass is 35.5. The second kappa shape index (κ2) is 11.0. The van der Waals surface area contributed by atoms with Gasteiger partial charge in [-0.25, -0.2) is 4.90 Å². The van der Waals surface area contributed by atoms with Crippen molar-refractivity contribution in [3.8, 4) is 0 Å². The number of para-hydroxylation sites is 1. The van der Waals surface area contributed by atoms with Gasteiger partial charge in [0.25, 0.3) is 0 Å². The molecule has 3 amide bonds. The Balaban J connectivity index is 1.39. The fraction of sp³-hybridized carbons (Fsp3) is 0.200. The minimum absolute atomic E-state index is 0.322. The molecule has 1 fully saturated rings. The molecular weight excluding hydrogens is 623 g/mol. The Kier molecular flexibility index (Phi) is 7.47. The number of aryl methyl sites for hydroxylation is 1. The Morgan fingerprint density at radius 3 is 2.30 bits per heavy atom. The van der Waals surface area contributed by atoms with E-state index in [1.54, 1.807) is 48.5 Å². The standard InChI is InChI=1S/C30H21ClF3N3O4S2/c1-15-6-12-18(13-7-15)37-26(39)23-22(16-8-10-17(31)11-9-16)25-28(42-24(23)27(37)40)36(29(41)43-25)14-21(38)35-20-5-3-2-4-19(20)30(32,33)34/h2-13,22-24H,14H2,1H3,(H,35,38)/t22-,23-,24+/m0/s1. The Labute approximate surface area is 256 Å². The highest BCUT2D eigenvalue weighted by Gasteiger charge is 2.56. The van der Waals surface area contributed by atoms with E-state index in [9.17, 15) is 32.3 Å². The second-order valence-electron chi connectivity index (χ2n) is 10.2. The summed E-state index contributed by atoms with van der Waals surface area (Å²) in [6, 6.07) is 18.3. The third kappa shape index (κ3) is 5.28. The Bertz CT molecular complexity index is 1820. The van der Waals surface area contributed by atoms with Crippen LogP contribution in [0, 0.1) is 12.8 Å². The van der Waals surface area contributed by atoms with Crippen LogP contribution in [-0.4, -0.2) is 27.5 Å². The van der Waals surface area contributed by atoms with Crippen molar-refractivity contribution >= 4 is 63.8 Å². The number of rotatable bonds is 5. The number of anilines is 2.